The van der Waals surface area contributed by atoms with Gasteiger partial charge in [-0.25, -0.2) is 28.7 Å². The van der Waals surface area contributed by atoms with E-state index in [0.717, 1.165) is 11.1 Å². The van der Waals surface area contributed by atoms with Crippen molar-refractivity contribution < 1.29 is 18.3 Å². The summed E-state index contributed by atoms with van der Waals surface area (Å²) in [6.07, 6.45) is 3.01. The van der Waals surface area contributed by atoms with Crippen LogP contribution >= 0.6 is 0 Å². The number of hydrogen-bond acceptors (Lipinski definition) is 12. The van der Waals surface area contributed by atoms with Crippen molar-refractivity contribution in [3.8, 4) is 34.3 Å². The molecule has 0 bridgehead atoms. The number of anilines is 2. The third kappa shape index (κ3) is 6.22. The third-order valence-electron chi connectivity index (χ3n) is 5.61. The first-order chi connectivity index (χ1) is 20.2. The van der Waals surface area contributed by atoms with Gasteiger partial charge in [0, 0.05) is 11.1 Å². The van der Waals surface area contributed by atoms with Crippen molar-refractivity contribution in [2.24, 2.45) is 0 Å². The number of fused-ring (bicyclic) bond motifs is 2. The minimum absolute atomic E-state index is 0.0678. The fourth-order valence-electron chi connectivity index (χ4n) is 3.76. The Bertz CT molecular complexity index is 1870. The van der Waals surface area contributed by atoms with Crippen LogP contribution in [0.25, 0.3) is 44.8 Å². The van der Waals surface area contributed by atoms with Crippen molar-refractivity contribution in [3.63, 3.8) is 0 Å². The van der Waals surface area contributed by atoms with Gasteiger partial charge in [-0.15, -0.1) is 0 Å². The average molecular weight is 571 g/mol. The van der Waals surface area contributed by atoms with Crippen LogP contribution in [-0.2, 0) is 0 Å². The lowest BCUT2D eigenvalue weighted by atomic mass is 10.1. The summed E-state index contributed by atoms with van der Waals surface area (Å²) in [7, 11) is 1.47. The first kappa shape index (κ1) is 27.9. The van der Waals surface area contributed by atoms with Gasteiger partial charge in [0.05, 0.1) is 37.0 Å². The van der Waals surface area contributed by atoms with Crippen molar-refractivity contribution in [3.05, 3.63) is 72.6 Å². The maximum atomic E-state index is 13.0. The molecule has 0 spiro atoms. The molecule has 212 valence electrons. The number of nitrogen functional groups attached to an aromatic ring is 2. The average Bonchev–Trinajstić information content (AvgIpc) is 2.97. The second kappa shape index (κ2) is 11.8. The second-order valence-electron chi connectivity index (χ2n) is 9.01. The van der Waals surface area contributed by atoms with Gasteiger partial charge in [-0.05, 0) is 62.4 Å². The molecule has 0 amide bonds. The molecule has 0 fully saturated rings. The number of methoxy groups -OCH3 is 1. The molecule has 0 aliphatic carbocycles. The van der Waals surface area contributed by atoms with Crippen LogP contribution in [0.2, 0.25) is 0 Å². The molecule has 0 aliphatic heterocycles. The van der Waals surface area contributed by atoms with Crippen molar-refractivity contribution >= 4 is 34.2 Å². The second-order valence-corrected chi connectivity index (χ2v) is 9.01. The Balaban J connectivity index is 0.000000169. The minimum atomic E-state index is -0.309. The van der Waals surface area contributed by atoms with E-state index in [1.54, 1.807) is 36.7 Å². The largest absolute Gasteiger partial charge is 0.479 e. The van der Waals surface area contributed by atoms with Crippen LogP contribution in [0.15, 0.2) is 60.9 Å². The van der Waals surface area contributed by atoms with Gasteiger partial charge in [-0.2, -0.15) is 19.9 Å². The molecule has 12 nitrogen and oxygen atoms in total. The molecule has 0 saturated heterocycles. The van der Waals surface area contributed by atoms with Gasteiger partial charge in [-0.1, -0.05) is 0 Å². The number of benzene rings is 2. The first-order valence-electron chi connectivity index (χ1n) is 12.5. The lowest BCUT2D eigenvalue weighted by Gasteiger charge is -2.11. The number of nitrogens with two attached hydrogens (primary N) is 2. The molecular weight excluding hydrogens is 546 g/mol. The minimum Gasteiger partial charge on any atom is -0.479 e. The van der Waals surface area contributed by atoms with E-state index in [-0.39, 0.29) is 41.4 Å². The maximum absolute atomic E-state index is 13.0. The van der Waals surface area contributed by atoms with Crippen molar-refractivity contribution in [1.29, 1.82) is 0 Å². The summed E-state index contributed by atoms with van der Waals surface area (Å²) in [6, 6.07) is 12.0. The standard InChI is InChI=1S/C15H14FN5O.C13H10FN5O/c1-8(2)22-14-12-13(20-15(17)21-14)18-7-11(19-12)9-3-5-10(16)6-4-9;1-20-12-10-11(18-13(15)19-12)16-6-9(17-10)7-2-4-8(14)5-3-7/h3-8H,1-2H3,(H2,17,18,20,21);2-6H,1H3,(H2,15,16,18,19). The van der Waals surface area contributed by atoms with Crippen LogP contribution < -0.4 is 20.9 Å². The highest BCUT2D eigenvalue weighted by molar-refractivity contribution is 5.80. The highest BCUT2D eigenvalue weighted by atomic mass is 19.1. The van der Waals surface area contributed by atoms with E-state index in [1.165, 1.54) is 31.4 Å². The molecule has 42 heavy (non-hydrogen) atoms. The molecule has 0 aliphatic rings. The van der Waals surface area contributed by atoms with E-state index < -0.39 is 0 Å². The summed E-state index contributed by atoms with van der Waals surface area (Å²) < 4.78 is 36.7. The van der Waals surface area contributed by atoms with Crippen LogP contribution in [0.3, 0.4) is 0 Å². The Hall–Kier alpha value is -5.66. The van der Waals surface area contributed by atoms with Gasteiger partial charge in [0.1, 0.15) is 11.6 Å². The molecule has 0 saturated carbocycles. The Morgan fingerprint density at radius 3 is 1.48 bits per heavy atom. The first-order valence-corrected chi connectivity index (χ1v) is 12.5. The summed E-state index contributed by atoms with van der Waals surface area (Å²) in [6.45, 7) is 3.75. The molecular formula is C28H24F2N10O2. The van der Waals surface area contributed by atoms with Crippen molar-refractivity contribution in [1.82, 2.24) is 39.9 Å². The van der Waals surface area contributed by atoms with Crippen LogP contribution in [0.5, 0.6) is 11.8 Å². The third-order valence-corrected chi connectivity index (χ3v) is 5.61. The summed E-state index contributed by atoms with van der Waals surface area (Å²) in [4.78, 5) is 33.4. The zero-order valence-electron chi connectivity index (χ0n) is 22.7. The molecule has 0 atom stereocenters. The summed E-state index contributed by atoms with van der Waals surface area (Å²) in [5.41, 5.74) is 15.4. The number of aromatic nitrogens is 8. The Morgan fingerprint density at radius 1 is 0.619 bits per heavy atom. The SMILES string of the molecule is CC(C)Oc1nc(N)nc2ncc(-c3ccc(F)cc3)nc12.COc1nc(N)nc2ncc(-c3ccc(F)cc3)nc12. The zero-order valence-corrected chi connectivity index (χ0v) is 22.7. The fourth-order valence-corrected chi connectivity index (χ4v) is 3.76. The van der Waals surface area contributed by atoms with Gasteiger partial charge in [-0.3, -0.25) is 0 Å². The van der Waals surface area contributed by atoms with Gasteiger partial charge in [0.2, 0.25) is 23.7 Å². The molecule has 6 aromatic rings. The van der Waals surface area contributed by atoms with Crippen LogP contribution in [0, 0.1) is 11.6 Å². The highest BCUT2D eigenvalue weighted by Gasteiger charge is 2.14. The van der Waals surface area contributed by atoms with Gasteiger partial charge < -0.3 is 20.9 Å². The molecule has 0 radical (unpaired) electrons. The van der Waals surface area contributed by atoms with E-state index >= 15 is 0 Å². The van der Waals surface area contributed by atoms with Gasteiger partial charge in [0.25, 0.3) is 0 Å². The smallest absolute Gasteiger partial charge is 0.247 e. The van der Waals surface area contributed by atoms with E-state index in [0.29, 0.717) is 33.7 Å². The summed E-state index contributed by atoms with van der Waals surface area (Å²) in [5, 5.41) is 0. The maximum Gasteiger partial charge on any atom is 0.247 e. The molecule has 2 aromatic carbocycles. The van der Waals surface area contributed by atoms with E-state index in [1.807, 2.05) is 13.8 Å². The molecule has 0 unspecified atom stereocenters. The van der Waals surface area contributed by atoms with Crippen LogP contribution in [-0.4, -0.2) is 53.1 Å². The lowest BCUT2D eigenvalue weighted by Crippen LogP contribution is -2.10. The normalized spacial score (nSPS) is 10.9. The van der Waals surface area contributed by atoms with Gasteiger partial charge in [0.15, 0.2) is 22.3 Å². The van der Waals surface area contributed by atoms with E-state index in [2.05, 4.69) is 39.9 Å². The van der Waals surface area contributed by atoms with Crippen molar-refractivity contribution in [2.75, 3.05) is 18.6 Å². The number of ether oxygens (including phenoxy) is 2. The number of hydrogen-bond donors (Lipinski definition) is 2. The van der Waals surface area contributed by atoms with Gasteiger partial charge >= 0.3 is 0 Å². The van der Waals surface area contributed by atoms with E-state index in [9.17, 15) is 8.78 Å². The number of rotatable bonds is 5. The van der Waals surface area contributed by atoms with E-state index in [4.69, 9.17) is 20.9 Å². The Kier molecular flexibility index (Phi) is 7.86. The molecule has 14 heteroatoms. The molecule has 4 N–H and O–H groups in total. The lowest BCUT2D eigenvalue weighted by molar-refractivity contribution is 0.235. The Labute approximate surface area is 237 Å². The predicted octanol–water partition coefficient (Wildman–Crippen LogP) is 4.41. The fraction of sp³-hybridized carbons (Fsp3) is 0.143. The number of halogens is 2. The number of nitrogens with zero attached hydrogens (tertiary/aromatic N) is 8. The van der Waals surface area contributed by atoms with Crippen LogP contribution in [0.1, 0.15) is 13.8 Å². The van der Waals surface area contributed by atoms with Crippen LogP contribution in [0.4, 0.5) is 20.7 Å². The highest BCUT2D eigenvalue weighted by Crippen LogP contribution is 2.26. The monoisotopic (exact) mass is 570 g/mol. The molecule has 4 heterocycles. The topological polar surface area (TPSA) is 174 Å². The zero-order chi connectivity index (χ0) is 29.8. The molecule has 4 aromatic heterocycles. The predicted molar refractivity (Wildman–Crippen MR) is 152 cm³/mol. The quantitative estimate of drug-likeness (QED) is 0.299. The Morgan fingerprint density at radius 2 is 1.05 bits per heavy atom. The summed E-state index contributed by atoms with van der Waals surface area (Å²) in [5.74, 6) is 0.0664. The summed E-state index contributed by atoms with van der Waals surface area (Å²) >= 11 is 0. The molecule has 6 rings (SSSR count). The van der Waals surface area contributed by atoms with Crippen molar-refractivity contribution in [2.45, 2.75) is 20.0 Å².